The molecule has 0 aliphatic carbocycles. The van der Waals surface area contributed by atoms with Crippen molar-refractivity contribution in [3.63, 3.8) is 0 Å². The van der Waals surface area contributed by atoms with E-state index in [1.54, 1.807) is 6.92 Å². The molecular weight excluding hydrogens is 237 g/mol. The molecule has 1 rings (SSSR count). The Bertz CT molecular complexity index is 418. The predicted molar refractivity (Wildman–Crippen MR) is 65.4 cm³/mol. The molecule has 1 atom stereocenters. The average Bonchev–Trinajstić information content (AvgIpc) is 2.34. The number of hydrogen-bond acceptors (Lipinski definition) is 3. The highest BCUT2D eigenvalue weighted by molar-refractivity contribution is 5.94. The van der Waals surface area contributed by atoms with E-state index < -0.39 is 11.9 Å². The number of carbonyl (C=O) groups is 2. The van der Waals surface area contributed by atoms with Crippen LogP contribution in [0.5, 0.6) is 0 Å². The SMILES string of the molecule is C[C@H](N)C(=O)NCCNC(=O)c1ccc(F)cc1. The van der Waals surface area contributed by atoms with Crippen LogP contribution in [-0.2, 0) is 4.79 Å². The highest BCUT2D eigenvalue weighted by atomic mass is 19.1. The molecular formula is C12H16FN3O2. The summed E-state index contributed by atoms with van der Waals surface area (Å²) in [5.41, 5.74) is 5.72. The first kappa shape index (κ1) is 14.1. The third-order valence-corrected chi connectivity index (χ3v) is 2.23. The fourth-order valence-corrected chi connectivity index (χ4v) is 1.23. The Kier molecular flexibility index (Phi) is 5.26. The van der Waals surface area contributed by atoms with E-state index >= 15 is 0 Å². The predicted octanol–water partition coefficient (Wildman–Crippen LogP) is 0.0189. The molecule has 5 nitrogen and oxygen atoms in total. The van der Waals surface area contributed by atoms with Crippen molar-refractivity contribution in [2.75, 3.05) is 13.1 Å². The molecule has 18 heavy (non-hydrogen) atoms. The maximum atomic E-state index is 12.6. The summed E-state index contributed by atoms with van der Waals surface area (Å²) in [6.07, 6.45) is 0. The molecule has 0 heterocycles. The standard InChI is InChI=1S/C12H16FN3O2/c1-8(14)11(17)15-6-7-16-12(18)9-2-4-10(13)5-3-9/h2-5,8H,6-7,14H2,1H3,(H,15,17)(H,16,18)/t8-/m0/s1. The van der Waals surface area contributed by atoms with Crippen molar-refractivity contribution in [2.24, 2.45) is 5.73 Å². The first-order valence-corrected chi connectivity index (χ1v) is 5.58. The van der Waals surface area contributed by atoms with E-state index in [4.69, 9.17) is 5.73 Å². The van der Waals surface area contributed by atoms with Crippen molar-refractivity contribution in [2.45, 2.75) is 13.0 Å². The van der Waals surface area contributed by atoms with Gasteiger partial charge in [-0.25, -0.2) is 4.39 Å². The molecule has 0 aromatic heterocycles. The maximum Gasteiger partial charge on any atom is 0.251 e. The lowest BCUT2D eigenvalue weighted by Gasteiger charge is -2.08. The lowest BCUT2D eigenvalue weighted by atomic mass is 10.2. The molecule has 4 N–H and O–H groups in total. The average molecular weight is 253 g/mol. The molecule has 0 fully saturated rings. The molecule has 0 saturated carbocycles. The van der Waals surface area contributed by atoms with Crippen molar-refractivity contribution in [1.82, 2.24) is 10.6 Å². The van der Waals surface area contributed by atoms with Crippen LogP contribution in [0.1, 0.15) is 17.3 Å². The van der Waals surface area contributed by atoms with Gasteiger partial charge in [-0.05, 0) is 31.2 Å². The van der Waals surface area contributed by atoms with Gasteiger partial charge in [0.2, 0.25) is 5.91 Å². The molecule has 0 aliphatic rings. The fraction of sp³-hybridized carbons (Fsp3) is 0.333. The van der Waals surface area contributed by atoms with E-state index in [-0.39, 0.29) is 18.4 Å². The zero-order valence-electron chi connectivity index (χ0n) is 10.1. The van der Waals surface area contributed by atoms with Crippen LogP contribution in [0.4, 0.5) is 4.39 Å². The Morgan fingerprint density at radius 1 is 1.22 bits per heavy atom. The van der Waals surface area contributed by atoms with Gasteiger partial charge in [0.05, 0.1) is 6.04 Å². The van der Waals surface area contributed by atoms with Crippen molar-refractivity contribution in [3.8, 4) is 0 Å². The number of benzene rings is 1. The van der Waals surface area contributed by atoms with Crippen LogP contribution < -0.4 is 16.4 Å². The fourth-order valence-electron chi connectivity index (χ4n) is 1.23. The van der Waals surface area contributed by atoms with Gasteiger partial charge < -0.3 is 16.4 Å². The van der Waals surface area contributed by atoms with E-state index in [2.05, 4.69) is 10.6 Å². The molecule has 0 spiro atoms. The summed E-state index contributed by atoms with van der Waals surface area (Å²) in [7, 11) is 0. The Morgan fingerprint density at radius 3 is 2.33 bits per heavy atom. The van der Waals surface area contributed by atoms with Crippen LogP contribution in [0.25, 0.3) is 0 Å². The number of hydrogen-bond donors (Lipinski definition) is 3. The molecule has 2 amide bonds. The number of halogens is 1. The number of nitrogens with one attached hydrogen (secondary N) is 2. The first-order valence-electron chi connectivity index (χ1n) is 5.58. The quantitative estimate of drug-likeness (QED) is 0.647. The molecule has 0 unspecified atom stereocenters. The van der Waals surface area contributed by atoms with Gasteiger partial charge in [-0.15, -0.1) is 0 Å². The lowest BCUT2D eigenvalue weighted by Crippen LogP contribution is -2.42. The Labute approximate surface area is 105 Å². The number of nitrogens with two attached hydrogens (primary N) is 1. The van der Waals surface area contributed by atoms with Crippen LogP contribution in [-0.4, -0.2) is 30.9 Å². The van der Waals surface area contributed by atoms with Crippen molar-refractivity contribution in [1.29, 1.82) is 0 Å². The van der Waals surface area contributed by atoms with Gasteiger partial charge in [0.25, 0.3) is 5.91 Å². The Balaban J connectivity index is 2.29. The largest absolute Gasteiger partial charge is 0.353 e. The minimum atomic E-state index is -0.571. The van der Waals surface area contributed by atoms with Crippen LogP contribution in [0, 0.1) is 5.82 Å². The van der Waals surface area contributed by atoms with Gasteiger partial charge >= 0.3 is 0 Å². The smallest absolute Gasteiger partial charge is 0.251 e. The number of rotatable bonds is 5. The molecule has 98 valence electrons. The second-order valence-corrected chi connectivity index (χ2v) is 3.84. The van der Waals surface area contributed by atoms with Crippen molar-refractivity contribution < 1.29 is 14.0 Å². The third kappa shape index (κ3) is 4.50. The topological polar surface area (TPSA) is 84.2 Å². The van der Waals surface area contributed by atoms with Gasteiger partial charge in [0.15, 0.2) is 0 Å². The molecule has 1 aromatic carbocycles. The maximum absolute atomic E-state index is 12.6. The second-order valence-electron chi connectivity index (χ2n) is 3.84. The summed E-state index contributed by atoms with van der Waals surface area (Å²) >= 11 is 0. The molecule has 0 aliphatic heterocycles. The van der Waals surface area contributed by atoms with Gasteiger partial charge in [-0.1, -0.05) is 0 Å². The summed E-state index contributed by atoms with van der Waals surface area (Å²) in [5, 5.41) is 5.16. The van der Waals surface area contributed by atoms with Crippen LogP contribution in [0.2, 0.25) is 0 Å². The summed E-state index contributed by atoms with van der Waals surface area (Å²) in [4.78, 5) is 22.7. The second kappa shape index (κ2) is 6.70. The minimum absolute atomic E-state index is 0.272. The Morgan fingerprint density at radius 2 is 1.78 bits per heavy atom. The van der Waals surface area contributed by atoms with E-state index in [1.165, 1.54) is 24.3 Å². The van der Waals surface area contributed by atoms with E-state index in [0.29, 0.717) is 12.1 Å². The highest BCUT2D eigenvalue weighted by Gasteiger charge is 2.07. The molecule has 0 radical (unpaired) electrons. The molecule has 0 bridgehead atoms. The summed E-state index contributed by atoms with van der Waals surface area (Å²) in [6, 6.07) is 4.65. The van der Waals surface area contributed by atoms with Crippen molar-refractivity contribution in [3.05, 3.63) is 35.6 Å². The third-order valence-electron chi connectivity index (χ3n) is 2.23. The molecule has 6 heteroatoms. The van der Waals surface area contributed by atoms with Crippen molar-refractivity contribution >= 4 is 11.8 Å². The number of carbonyl (C=O) groups excluding carboxylic acids is 2. The first-order chi connectivity index (χ1) is 8.50. The normalized spacial score (nSPS) is 11.7. The van der Waals surface area contributed by atoms with Crippen LogP contribution in [0.3, 0.4) is 0 Å². The van der Waals surface area contributed by atoms with E-state index in [0.717, 1.165) is 0 Å². The highest BCUT2D eigenvalue weighted by Crippen LogP contribution is 2.01. The zero-order valence-corrected chi connectivity index (χ0v) is 10.1. The molecule has 0 saturated heterocycles. The minimum Gasteiger partial charge on any atom is -0.353 e. The van der Waals surface area contributed by atoms with Gasteiger partial charge in [-0.2, -0.15) is 0 Å². The van der Waals surface area contributed by atoms with E-state index in [1.807, 2.05) is 0 Å². The summed E-state index contributed by atoms with van der Waals surface area (Å²) in [6.45, 7) is 2.16. The van der Waals surface area contributed by atoms with E-state index in [9.17, 15) is 14.0 Å². The summed E-state index contributed by atoms with van der Waals surface area (Å²) < 4.78 is 12.6. The molecule has 1 aromatic rings. The van der Waals surface area contributed by atoms with Crippen LogP contribution >= 0.6 is 0 Å². The van der Waals surface area contributed by atoms with Gasteiger partial charge in [-0.3, -0.25) is 9.59 Å². The zero-order chi connectivity index (χ0) is 13.5. The van der Waals surface area contributed by atoms with Gasteiger partial charge in [0, 0.05) is 18.7 Å². The van der Waals surface area contributed by atoms with Gasteiger partial charge in [0.1, 0.15) is 5.82 Å². The monoisotopic (exact) mass is 253 g/mol. The van der Waals surface area contributed by atoms with Crippen LogP contribution in [0.15, 0.2) is 24.3 Å². The number of amides is 2. The lowest BCUT2D eigenvalue weighted by molar-refractivity contribution is -0.121. The summed E-state index contributed by atoms with van der Waals surface area (Å²) in [5.74, 6) is -0.980. The Hall–Kier alpha value is -1.95.